The third-order valence-electron chi connectivity index (χ3n) is 4.80. The molecular weight excluding hydrogens is 392 g/mol. The Hall–Kier alpha value is -2.46. The van der Waals surface area contributed by atoms with Crippen LogP contribution in [-0.4, -0.2) is 47.9 Å². The lowest BCUT2D eigenvalue weighted by Gasteiger charge is -2.24. The van der Waals surface area contributed by atoms with Gasteiger partial charge in [0, 0.05) is 5.56 Å². The van der Waals surface area contributed by atoms with E-state index in [1.807, 2.05) is 0 Å². The normalized spacial score (nSPS) is 25.0. The number of aromatic nitrogens is 2. The highest BCUT2D eigenvalue weighted by atomic mass is 32.2. The molecule has 0 bridgehead atoms. The van der Waals surface area contributed by atoms with E-state index >= 15 is 0 Å². The van der Waals surface area contributed by atoms with Gasteiger partial charge in [0.15, 0.2) is 11.6 Å². The van der Waals surface area contributed by atoms with Crippen LogP contribution in [0.2, 0.25) is 0 Å². The Morgan fingerprint density at radius 1 is 1.32 bits per heavy atom. The van der Waals surface area contributed by atoms with E-state index in [9.17, 15) is 27.1 Å². The molecule has 0 radical (unpaired) electrons. The fraction of sp³-hybridized carbons (Fsp3) is 0.389. The molecule has 150 valence electrons. The molecule has 1 fully saturated rings. The summed E-state index contributed by atoms with van der Waals surface area (Å²) >= 11 is 0. The monoisotopic (exact) mass is 411 g/mol. The van der Waals surface area contributed by atoms with E-state index in [-0.39, 0.29) is 25.1 Å². The quantitative estimate of drug-likeness (QED) is 0.752. The average molecular weight is 411 g/mol. The van der Waals surface area contributed by atoms with Crippen molar-refractivity contribution in [3.05, 3.63) is 48.0 Å². The highest BCUT2D eigenvalue weighted by Crippen LogP contribution is 2.43. The number of hydrogen-bond acceptors (Lipinski definition) is 5. The van der Waals surface area contributed by atoms with Gasteiger partial charge in [-0.25, -0.2) is 31.9 Å². The van der Waals surface area contributed by atoms with Crippen molar-refractivity contribution >= 4 is 16.0 Å². The number of hydrogen-bond donors (Lipinski definition) is 2. The number of halogens is 2. The molecule has 3 rings (SSSR count). The summed E-state index contributed by atoms with van der Waals surface area (Å²) in [7, 11) is -3.67. The Morgan fingerprint density at radius 3 is 2.61 bits per heavy atom. The summed E-state index contributed by atoms with van der Waals surface area (Å²) in [5.74, 6) is -1.48. The SMILES string of the molecule is CS(=O)(=O)N[C@@H]1C[C@@](Cc2cccc(-c3ncc(F)cn3)c2)(C(=O)O)C[C@@H]1F. The van der Waals surface area contributed by atoms with Crippen molar-refractivity contribution in [2.75, 3.05) is 6.26 Å². The zero-order valence-electron chi connectivity index (χ0n) is 15.0. The highest BCUT2D eigenvalue weighted by Gasteiger charge is 2.51. The highest BCUT2D eigenvalue weighted by molar-refractivity contribution is 7.88. The first-order chi connectivity index (χ1) is 13.1. The van der Waals surface area contributed by atoms with Gasteiger partial charge in [0.1, 0.15) is 6.17 Å². The Bertz CT molecular complexity index is 985. The van der Waals surface area contributed by atoms with Gasteiger partial charge in [-0.15, -0.1) is 0 Å². The van der Waals surface area contributed by atoms with Crippen LogP contribution in [0.15, 0.2) is 36.7 Å². The van der Waals surface area contributed by atoms with Gasteiger partial charge in [-0.3, -0.25) is 4.79 Å². The second-order valence-electron chi connectivity index (χ2n) is 7.11. The number of alkyl halides is 1. The lowest BCUT2D eigenvalue weighted by atomic mass is 9.79. The molecule has 0 saturated heterocycles. The van der Waals surface area contributed by atoms with Crippen LogP contribution in [0.1, 0.15) is 18.4 Å². The third kappa shape index (κ3) is 4.50. The van der Waals surface area contributed by atoms with Crippen LogP contribution in [0, 0.1) is 11.2 Å². The van der Waals surface area contributed by atoms with Crippen molar-refractivity contribution in [2.45, 2.75) is 31.5 Å². The largest absolute Gasteiger partial charge is 0.481 e. The molecule has 1 aliphatic rings. The fourth-order valence-corrected chi connectivity index (χ4v) is 4.39. The Labute approximate surface area is 160 Å². The van der Waals surface area contributed by atoms with Gasteiger partial charge in [-0.2, -0.15) is 0 Å². The first kappa shape index (κ1) is 20.3. The van der Waals surface area contributed by atoms with Crippen LogP contribution in [0.25, 0.3) is 11.4 Å². The van der Waals surface area contributed by atoms with Crippen molar-refractivity contribution < 1.29 is 27.1 Å². The van der Waals surface area contributed by atoms with Gasteiger partial charge in [-0.1, -0.05) is 18.2 Å². The minimum Gasteiger partial charge on any atom is -0.481 e. The maximum atomic E-state index is 14.4. The minimum atomic E-state index is -3.67. The number of sulfonamides is 1. The predicted octanol–water partition coefficient (Wildman–Crippen LogP) is 1.95. The van der Waals surface area contributed by atoms with Gasteiger partial charge in [0.05, 0.1) is 30.1 Å². The van der Waals surface area contributed by atoms with E-state index in [1.54, 1.807) is 24.3 Å². The number of carboxylic acids is 1. The van der Waals surface area contributed by atoms with Crippen molar-refractivity contribution in [2.24, 2.45) is 5.41 Å². The molecule has 0 spiro atoms. The third-order valence-corrected chi connectivity index (χ3v) is 5.53. The van der Waals surface area contributed by atoms with Crippen LogP contribution in [0.5, 0.6) is 0 Å². The number of benzene rings is 1. The van der Waals surface area contributed by atoms with Gasteiger partial charge in [0.25, 0.3) is 0 Å². The number of nitrogens with one attached hydrogen (secondary N) is 1. The summed E-state index contributed by atoms with van der Waals surface area (Å²) < 4.78 is 52.5. The molecule has 3 atom stereocenters. The van der Waals surface area contributed by atoms with Crippen LogP contribution in [-0.2, 0) is 21.2 Å². The fourth-order valence-electron chi connectivity index (χ4n) is 3.61. The molecular formula is C18H19F2N3O4S. The van der Waals surface area contributed by atoms with E-state index in [0.29, 0.717) is 11.1 Å². The molecule has 2 aromatic rings. The van der Waals surface area contributed by atoms with Crippen LogP contribution in [0.3, 0.4) is 0 Å². The zero-order valence-corrected chi connectivity index (χ0v) is 15.8. The van der Waals surface area contributed by atoms with E-state index in [1.165, 1.54) is 0 Å². The number of rotatable bonds is 6. The predicted molar refractivity (Wildman–Crippen MR) is 97.1 cm³/mol. The van der Waals surface area contributed by atoms with Gasteiger partial charge in [-0.05, 0) is 30.9 Å². The number of carbonyl (C=O) groups is 1. The van der Waals surface area contributed by atoms with Crippen molar-refractivity contribution in [1.29, 1.82) is 0 Å². The smallest absolute Gasteiger partial charge is 0.310 e. The number of aliphatic carboxylic acids is 1. The molecule has 1 saturated carbocycles. The Balaban J connectivity index is 1.87. The topological polar surface area (TPSA) is 109 Å². The molecule has 1 aromatic carbocycles. The molecule has 2 N–H and O–H groups in total. The van der Waals surface area contributed by atoms with E-state index < -0.39 is 39.4 Å². The maximum Gasteiger partial charge on any atom is 0.310 e. The summed E-state index contributed by atoms with van der Waals surface area (Å²) in [5.41, 5.74) is -0.261. The van der Waals surface area contributed by atoms with Crippen molar-refractivity contribution in [3.8, 4) is 11.4 Å². The molecule has 1 aliphatic carbocycles. The van der Waals surface area contributed by atoms with Crippen molar-refractivity contribution in [1.82, 2.24) is 14.7 Å². The van der Waals surface area contributed by atoms with Crippen LogP contribution in [0.4, 0.5) is 8.78 Å². The first-order valence-corrected chi connectivity index (χ1v) is 10.4. The van der Waals surface area contributed by atoms with E-state index in [4.69, 9.17) is 0 Å². The molecule has 7 nitrogen and oxygen atoms in total. The average Bonchev–Trinajstić information content (AvgIpc) is 2.90. The molecule has 1 aromatic heterocycles. The van der Waals surface area contributed by atoms with Crippen LogP contribution >= 0.6 is 0 Å². The van der Waals surface area contributed by atoms with Gasteiger partial charge in [0.2, 0.25) is 10.0 Å². The lowest BCUT2D eigenvalue weighted by Crippen LogP contribution is -2.38. The number of carboxylic acid groups (broad SMARTS) is 1. The molecule has 0 unspecified atom stereocenters. The summed E-state index contributed by atoms with van der Waals surface area (Å²) in [4.78, 5) is 19.8. The molecule has 28 heavy (non-hydrogen) atoms. The Morgan fingerprint density at radius 2 is 2.00 bits per heavy atom. The van der Waals surface area contributed by atoms with E-state index in [2.05, 4.69) is 14.7 Å². The molecule has 0 aliphatic heterocycles. The molecule has 10 heteroatoms. The first-order valence-electron chi connectivity index (χ1n) is 8.50. The summed E-state index contributed by atoms with van der Waals surface area (Å²) in [6.45, 7) is 0. The zero-order chi connectivity index (χ0) is 20.5. The second-order valence-corrected chi connectivity index (χ2v) is 8.89. The minimum absolute atomic E-state index is 0.0136. The van der Waals surface area contributed by atoms with Crippen molar-refractivity contribution in [3.63, 3.8) is 0 Å². The standard InChI is InChI=1S/C18H19F2N3O4S/c1-28(26,27)23-15-8-18(17(24)25,7-14(15)20)6-11-3-2-4-12(5-11)16-21-9-13(19)10-22-16/h2-5,9-10,14-15,23H,6-8H2,1H3,(H,24,25)/t14-,15+,18-/m0/s1. The summed E-state index contributed by atoms with van der Waals surface area (Å²) in [6, 6.07) is 5.66. The molecule has 0 amide bonds. The summed E-state index contributed by atoms with van der Waals surface area (Å²) in [5, 5.41) is 9.77. The lowest BCUT2D eigenvalue weighted by molar-refractivity contribution is -0.148. The molecule has 1 heterocycles. The number of nitrogens with zero attached hydrogens (tertiary/aromatic N) is 2. The van der Waals surface area contributed by atoms with Crippen LogP contribution < -0.4 is 4.72 Å². The van der Waals surface area contributed by atoms with E-state index in [0.717, 1.165) is 18.6 Å². The van der Waals surface area contributed by atoms with Gasteiger partial charge < -0.3 is 5.11 Å². The summed E-state index contributed by atoms with van der Waals surface area (Å²) in [6.07, 6.45) is 0.918. The Kier molecular flexibility index (Phi) is 5.44. The second kappa shape index (κ2) is 7.51. The van der Waals surface area contributed by atoms with Gasteiger partial charge >= 0.3 is 5.97 Å². The maximum absolute atomic E-state index is 14.4.